The van der Waals surface area contributed by atoms with Crippen molar-refractivity contribution >= 4 is 0 Å². The van der Waals surface area contributed by atoms with Crippen LogP contribution in [0.15, 0.2) is 0 Å². The fourth-order valence-corrected chi connectivity index (χ4v) is 0.312. The van der Waals surface area contributed by atoms with E-state index in [4.69, 9.17) is 4.84 Å². The van der Waals surface area contributed by atoms with E-state index in [2.05, 4.69) is 6.92 Å². The fraction of sp³-hybridized carbons (Fsp3) is 1.00. The van der Waals surface area contributed by atoms with E-state index in [1.807, 2.05) is 14.0 Å². The van der Waals surface area contributed by atoms with Gasteiger partial charge in [-0.1, -0.05) is 0 Å². The van der Waals surface area contributed by atoms with Crippen LogP contribution in [0.3, 0.4) is 0 Å². The highest BCUT2D eigenvalue weighted by molar-refractivity contribution is 4.29. The molecule has 0 bridgehead atoms. The Kier molecular flexibility index (Phi) is 4.04. The van der Waals surface area contributed by atoms with Crippen LogP contribution in [0.2, 0.25) is 0 Å². The van der Waals surface area contributed by atoms with E-state index >= 15 is 0 Å². The third-order valence-electron chi connectivity index (χ3n) is 0.795. The summed E-state index contributed by atoms with van der Waals surface area (Å²) in [5, 5.41) is 1.81. The van der Waals surface area contributed by atoms with Crippen LogP contribution in [0.4, 0.5) is 0 Å². The lowest BCUT2D eigenvalue weighted by Gasteiger charge is -1.96. The second-order valence-corrected chi connectivity index (χ2v) is 1.36. The van der Waals surface area contributed by atoms with Crippen molar-refractivity contribution in [3.05, 3.63) is 0 Å². The Bertz CT molecular complexity index is 39.1. The first-order chi connectivity index (χ1) is 3.31. The Morgan fingerprint density at radius 3 is 2.14 bits per heavy atom. The summed E-state index contributed by atoms with van der Waals surface area (Å²) in [7, 11) is 1.92. The number of rotatable bonds is 3. The van der Waals surface area contributed by atoms with Gasteiger partial charge in [-0.05, 0) is 18.9 Å². The maximum Gasteiger partial charge on any atom is 0.156 e. The zero-order valence-corrected chi connectivity index (χ0v) is 5.27. The van der Waals surface area contributed by atoms with Crippen molar-refractivity contribution in [2.75, 3.05) is 20.2 Å². The molecule has 0 aromatic rings. The average molecular weight is 103 g/mol. The molecule has 0 atom stereocenters. The van der Waals surface area contributed by atoms with Crippen molar-refractivity contribution in [1.29, 1.82) is 0 Å². The molecule has 43 valence electrons. The van der Waals surface area contributed by atoms with Gasteiger partial charge in [0.15, 0.2) is 6.54 Å². The number of hydroxylamine groups is 2. The molecule has 0 spiro atoms. The van der Waals surface area contributed by atoms with Crippen LogP contribution in [0.5, 0.6) is 0 Å². The van der Waals surface area contributed by atoms with Crippen molar-refractivity contribution in [3.63, 3.8) is 0 Å². The van der Waals surface area contributed by atoms with Gasteiger partial charge in [-0.25, -0.2) is 0 Å². The standard InChI is InChI=1S/C5H13NO/c1-4-6(3)7-5-2/h4-5H2,1-3H3/q+1. The molecule has 0 aliphatic carbocycles. The highest BCUT2D eigenvalue weighted by Gasteiger charge is 1.99. The van der Waals surface area contributed by atoms with Crippen LogP contribution in [0.1, 0.15) is 13.8 Å². The van der Waals surface area contributed by atoms with E-state index in [9.17, 15) is 0 Å². The van der Waals surface area contributed by atoms with Crippen LogP contribution in [0, 0.1) is 0 Å². The fourth-order valence-electron chi connectivity index (χ4n) is 0.312. The van der Waals surface area contributed by atoms with Gasteiger partial charge in [-0.3, -0.25) is 0 Å². The molecule has 0 aliphatic heterocycles. The molecular formula is C5H13NO+. The normalized spacial score (nSPS) is 10.3. The summed E-state index contributed by atoms with van der Waals surface area (Å²) in [6.07, 6.45) is 0. The third kappa shape index (κ3) is 3.76. The predicted molar refractivity (Wildman–Crippen MR) is 30.2 cm³/mol. The van der Waals surface area contributed by atoms with E-state index in [0.29, 0.717) is 0 Å². The minimum atomic E-state index is 0.768. The van der Waals surface area contributed by atoms with E-state index in [0.717, 1.165) is 13.2 Å². The lowest BCUT2D eigenvalue weighted by atomic mass is 10.8. The van der Waals surface area contributed by atoms with Gasteiger partial charge in [0, 0.05) is 0 Å². The van der Waals surface area contributed by atoms with Gasteiger partial charge in [0.25, 0.3) is 0 Å². The number of nitrogens with zero attached hydrogens (tertiary/aromatic N) is 1. The summed E-state index contributed by atoms with van der Waals surface area (Å²) in [6.45, 7) is 5.75. The second-order valence-electron chi connectivity index (χ2n) is 1.36. The van der Waals surface area contributed by atoms with Crippen molar-refractivity contribution in [1.82, 2.24) is 5.06 Å². The molecule has 0 aliphatic rings. The van der Waals surface area contributed by atoms with E-state index in [1.165, 1.54) is 0 Å². The molecule has 2 nitrogen and oxygen atoms in total. The molecule has 0 aromatic heterocycles. The van der Waals surface area contributed by atoms with Crippen molar-refractivity contribution in [3.8, 4) is 0 Å². The minimum Gasteiger partial charge on any atom is -0.149 e. The molecule has 0 fully saturated rings. The number of hydrogen-bond acceptors (Lipinski definition) is 2. The van der Waals surface area contributed by atoms with Crippen LogP contribution < -0.4 is 5.06 Å². The van der Waals surface area contributed by atoms with Gasteiger partial charge in [0.1, 0.15) is 13.7 Å². The Balaban J connectivity index is 2.83. The summed E-state index contributed by atoms with van der Waals surface area (Å²) in [5.41, 5.74) is 0. The zero-order valence-electron chi connectivity index (χ0n) is 5.27. The van der Waals surface area contributed by atoms with Crippen molar-refractivity contribution in [2.24, 2.45) is 0 Å². The first kappa shape index (κ1) is 6.92. The summed E-state index contributed by atoms with van der Waals surface area (Å²) in [5.74, 6) is 0. The summed E-state index contributed by atoms with van der Waals surface area (Å²) in [6, 6.07) is 0. The summed E-state index contributed by atoms with van der Waals surface area (Å²) < 4.78 is 0. The lowest BCUT2D eigenvalue weighted by molar-refractivity contribution is -0.0425. The van der Waals surface area contributed by atoms with Gasteiger partial charge in [0.05, 0.1) is 0 Å². The molecule has 0 saturated heterocycles. The SMILES string of the molecule is CCO[N+](C)CC. The summed E-state index contributed by atoms with van der Waals surface area (Å²) >= 11 is 0. The van der Waals surface area contributed by atoms with Gasteiger partial charge >= 0.3 is 0 Å². The Hall–Kier alpha value is -0.0800. The van der Waals surface area contributed by atoms with Crippen LogP contribution in [0.25, 0.3) is 0 Å². The van der Waals surface area contributed by atoms with E-state index < -0.39 is 0 Å². The topological polar surface area (TPSA) is 15.1 Å². The Morgan fingerprint density at radius 2 is 2.00 bits per heavy atom. The van der Waals surface area contributed by atoms with Crippen molar-refractivity contribution < 1.29 is 4.84 Å². The van der Waals surface area contributed by atoms with Gasteiger partial charge in [0.2, 0.25) is 0 Å². The van der Waals surface area contributed by atoms with Crippen molar-refractivity contribution in [2.45, 2.75) is 13.8 Å². The van der Waals surface area contributed by atoms with Crippen LogP contribution >= 0.6 is 0 Å². The lowest BCUT2D eigenvalue weighted by Crippen LogP contribution is -2.24. The van der Waals surface area contributed by atoms with Crippen LogP contribution in [-0.2, 0) is 4.84 Å². The average Bonchev–Trinajstić information content (AvgIpc) is 1.68. The zero-order chi connectivity index (χ0) is 5.70. The first-order valence-electron chi connectivity index (χ1n) is 2.65. The first-order valence-corrected chi connectivity index (χ1v) is 2.65. The number of hydrogen-bond donors (Lipinski definition) is 0. The van der Waals surface area contributed by atoms with Gasteiger partial charge < -0.3 is 0 Å². The quantitative estimate of drug-likeness (QED) is 0.379. The largest absolute Gasteiger partial charge is 0.156 e. The van der Waals surface area contributed by atoms with Gasteiger partial charge in [-0.2, -0.15) is 0 Å². The highest BCUT2D eigenvalue weighted by Crippen LogP contribution is 1.75. The predicted octanol–water partition coefficient (Wildman–Crippen LogP) is 0.728. The Labute approximate surface area is 45.0 Å². The molecule has 0 unspecified atom stereocenters. The molecule has 0 amide bonds. The molecule has 1 radical (unpaired) electrons. The molecule has 0 saturated carbocycles. The maximum atomic E-state index is 5.02. The monoisotopic (exact) mass is 103 g/mol. The smallest absolute Gasteiger partial charge is 0.149 e. The molecule has 0 aromatic carbocycles. The molecular weight excluding hydrogens is 90.1 g/mol. The molecule has 0 heterocycles. The minimum absolute atomic E-state index is 0.768. The molecule has 7 heavy (non-hydrogen) atoms. The molecule has 0 N–H and O–H groups in total. The third-order valence-corrected chi connectivity index (χ3v) is 0.795. The van der Waals surface area contributed by atoms with E-state index in [1.54, 1.807) is 5.06 Å². The van der Waals surface area contributed by atoms with E-state index in [-0.39, 0.29) is 0 Å². The van der Waals surface area contributed by atoms with Crippen LogP contribution in [-0.4, -0.2) is 20.2 Å². The highest BCUT2D eigenvalue weighted by atomic mass is 16.7. The summed E-state index contributed by atoms with van der Waals surface area (Å²) in [4.78, 5) is 5.02. The molecule has 0 rings (SSSR count). The Morgan fingerprint density at radius 1 is 1.43 bits per heavy atom. The maximum absolute atomic E-state index is 5.02. The van der Waals surface area contributed by atoms with Gasteiger partial charge in [-0.15, -0.1) is 4.84 Å². The molecule has 2 heteroatoms. The second kappa shape index (κ2) is 4.09.